The molecule has 1 atom stereocenters. The van der Waals surface area contributed by atoms with Gasteiger partial charge in [0.05, 0.1) is 16.8 Å². The molecule has 2 N–H and O–H groups in total. The number of anilines is 1. The number of ether oxygens (including phenoxy) is 1. The molecule has 1 aliphatic heterocycles. The Hall–Kier alpha value is -3.52. The lowest BCUT2D eigenvalue weighted by Crippen LogP contribution is -2.42. The number of nitrogens with one attached hydrogen (secondary N) is 2. The molecule has 2 aromatic carbocycles. The number of esters is 1. The first-order valence-electron chi connectivity index (χ1n) is 8.04. The molecule has 9 heteroatoms. The van der Waals surface area contributed by atoms with Crippen LogP contribution in [0, 0.1) is 0 Å². The van der Waals surface area contributed by atoms with Crippen LogP contribution in [0.15, 0.2) is 42.5 Å². The maximum atomic E-state index is 12.8. The summed E-state index contributed by atoms with van der Waals surface area (Å²) in [6.45, 7) is 1.14. The molecule has 2 aromatic rings. The largest absolute Gasteiger partial charge is 0.447 e. The number of imide groups is 1. The zero-order valence-electron chi connectivity index (χ0n) is 14.4. The van der Waals surface area contributed by atoms with Gasteiger partial charge in [-0.1, -0.05) is 29.8 Å². The zero-order chi connectivity index (χ0) is 20.4. The van der Waals surface area contributed by atoms with Crippen molar-refractivity contribution in [2.24, 2.45) is 0 Å². The van der Waals surface area contributed by atoms with E-state index in [9.17, 15) is 24.0 Å². The zero-order valence-corrected chi connectivity index (χ0v) is 15.2. The molecule has 142 valence electrons. The number of rotatable bonds is 4. The van der Waals surface area contributed by atoms with Crippen molar-refractivity contribution < 1.29 is 28.7 Å². The molecule has 0 aliphatic carbocycles. The van der Waals surface area contributed by atoms with E-state index in [0.29, 0.717) is 10.6 Å². The van der Waals surface area contributed by atoms with Crippen LogP contribution in [-0.4, -0.2) is 29.5 Å². The molecule has 0 radical (unpaired) electrons. The summed E-state index contributed by atoms with van der Waals surface area (Å²) in [5, 5.41) is 4.71. The number of carbonyl (C=O) groups is 5. The number of hydrogen-bond donors (Lipinski definition) is 2. The standard InChI is InChI=1S/C19H13ClN2O6/c1-9(23)28-16(10-4-2-5-11(20)8-10)19(27)21-13-7-3-6-12-14(13)15(24)18(26)22-17(12)25/h2-8,16H,1H3,(H,21,27)(H,22,25,26). The minimum atomic E-state index is -1.35. The van der Waals surface area contributed by atoms with Crippen molar-refractivity contribution in [3.8, 4) is 0 Å². The van der Waals surface area contributed by atoms with Crippen LogP contribution in [0.2, 0.25) is 5.02 Å². The van der Waals surface area contributed by atoms with Gasteiger partial charge in [0.2, 0.25) is 6.10 Å². The first-order chi connectivity index (χ1) is 13.3. The summed E-state index contributed by atoms with van der Waals surface area (Å²) in [4.78, 5) is 60.1. The molecule has 3 rings (SSSR count). The average Bonchev–Trinajstić information content (AvgIpc) is 2.64. The van der Waals surface area contributed by atoms with Crippen LogP contribution in [0.3, 0.4) is 0 Å². The fourth-order valence-electron chi connectivity index (χ4n) is 2.74. The van der Waals surface area contributed by atoms with E-state index in [4.69, 9.17) is 16.3 Å². The smallest absolute Gasteiger partial charge is 0.303 e. The highest BCUT2D eigenvalue weighted by Gasteiger charge is 2.34. The Labute approximate surface area is 163 Å². The summed E-state index contributed by atoms with van der Waals surface area (Å²) in [7, 11) is 0. The first kappa shape index (κ1) is 19.2. The predicted octanol–water partition coefficient (Wildman–Crippen LogP) is 2.04. The molecule has 8 nitrogen and oxygen atoms in total. The van der Waals surface area contributed by atoms with Crippen LogP contribution in [0.25, 0.3) is 0 Å². The van der Waals surface area contributed by atoms with Gasteiger partial charge in [-0.2, -0.15) is 0 Å². The number of fused-ring (bicyclic) bond motifs is 1. The van der Waals surface area contributed by atoms with E-state index < -0.39 is 35.6 Å². The maximum absolute atomic E-state index is 12.8. The first-order valence-corrected chi connectivity index (χ1v) is 8.42. The molecule has 0 bridgehead atoms. The Morgan fingerprint density at radius 1 is 1.07 bits per heavy atom. The van der Waals surface area contributed by atoms with E-state index in [1.165, 1.54) is 24.3 Å². The summed E-state index contributed by atoms with van der Waals surface area (Å²) in [5.41, 5.74) is -0.00788. The highest BCUT2D eigenvalue weighted by molar-refractivity contribution is 6.50. The van der Waals surface area contributed by atoms with Gasteiger partial charge in [0.15, 0.2) is 0 Å². The Morgan fingerprint density at radius 3 is 2.46 bits per heavy atom. The van der Waals surface area contributed by atoms with Gasteiger partial charge in [-0.05, 0) is 24.3 Å². The summed E-state index contributed by atoms with van der Waals surface area (Å²) in [6.07, 6.45) is -1.35. The fourth-order valence-corrected chi connectivity index (χ4v) is 2.94. The Bertz CT molecular complexity index is 1030. The Balaban J connectivity index is 1.98. The molecule has 28 heavy (non-hydrogen) atoms. The minimum Gasteiger partial charge on any atom is -0.447 e. The van der Waals surface area contributed by atoms with Crippen LogP contribution in [0.1, 0.15) is 39.3 Å². The minimum absolute atomic E-state index is 0.0464. The summed E-state index contributed by atoms with van der Waals surface area (Å²) >= 11 is 5.94. The number of hydrogen-bond acceptors (Lipinski definition) is 6. The monoisotopic (exact) mass is 400 g/mol. The molecule has 0 spiro atoms. The van der Waals surface area contributed by atoms with Crippen LogP contribution >= 0.6 is 11.6 Å². The van der Waals surface area contributed by atoms with Crippen molar-refractivity contribution in [2.75, 3.05) is 5.32 Å². The van der Waals surface area contributed by atoms with Crippen LogP contribution in [0.4, 0.5) is 5.69 Å². The van der Waals surface area contributed by atoms with Crippen LogP contribution < -0.4 is 10.6 Å². The number of ketones is 1. The molecule has 0 saturated heterocycles. The second-order valence-electron chi connectivity index (χ2n) is 5.87. The van der Waals surface area contributed by atoms with E-state index in [0.717, 1.165) is 6.92 Å². The third kappa shape index (κ3) is 3.77. The second kappa shape index (κ2) is 7.61. The molecular formula is C19H13ClN2O6. The molecule has 1 aliphatic rings. The van der Waals surface area contributed by atoms with Crippen molar-refractivity contribution in [1.82, 2.24) is 5.32 Å². The Morgan fingerprint density at radius 2 is 1.79 bits per heavy atom. The third-order valence-corrected chi connectivity index (χ3v) is 4.14. The average molecular weight is 401 g/mol. The Kier molecular flexibility index (Phi) is 5.23. The number of Topliss-reactive ketones (excluding diaryl/α,β-unsaturated/α-hetero) is 1. The van der Waals surface area contributed by atoms with Crippen LogP contribution in [-0.2, 0) is 19.1 Å². The lowest BCUT2D eigenvalue weighted by molar-refractivity contribution is -0.152. The van der Waals surface area contributed by atoms with Gasteiger partial charge in [-0.15, -0.1) is 0 Å². The summed E-state index contributed by atoms with van der Waals surface area (Å²) in [6, 6.07) is 10.3. The van der Waals surface area contributed by atoms with Crippen molar-refractivity contribution in [2.45, 2.75) is 13.0 Å². The number of benzene rings is 2. The van der Waals surface area contributed by atoms with Crippen molar-refractivity contribution in [1.29, 1.82) is 0 Å². The summed E-state index contributed by atoms with van der Waals surface area (Å²) < 4.78 is 5.10. The molecule has 0 aromatic heterocycles. The van der Waals surface area contributed by atoms with Gasteiger partial charge >= 0.3 is 5.97 Å². The normalized spacial score (nSPS) is 14.0. The maximum Gasteiger partial charge on any atom is 0.303 e. The number of amides is 3. The van der Waals surface area contributed by atoms with Crippen molar-refractivity contribution in [3.05, 3.63) is 64.2 Å². The SMILES string of the molecule is CC(=O)OC(C(=O)Nc1cccc2c1C(=O)C(=O)NC2=O)c1cccc(Cl)c1. The number of carbonyl (C=O) groups excluding carboxylic acids is 5. The quantitative estimate of drug-likeness (QED) is 0.460. The van der Waals surface area contributed by atoms with Gasteiger partial charge < -0.3 is 10.1 Å². The number of halogens is 1. The third-order valence-electron chi connectivity index (χ3n) is 3.90. The van der Waals surface area contributed by atoms with Crippen LogP contribution in [0.5, 0.6) is 0 Å². The highest BCUT2D eigenvalue weighted by Crippen LogP contribution is 2.27. The van der Waals surface area contributed by atoms with E-state index in [-0.39, 0.29) is 16.8 Å². The highest BCUT2D eigenvalue weighted by atomic mass is 35.5. The van der Waals surface area contributed by atoms with Gasteiger partial charge in [0.25, 0.3) is 23.5 Å². The van der Waals surface area contributed by atoms with Crippen molar-refractivity contribution in [3.63, 3.8) is 0 Å². The topological polar surface area (TPSA) is 119 Å². The fraction of sp³-hybridized carbons (Fsp3) is 0.105. The molecule has 3 amide bonds. The summed E-state index contributed by atoms with van der Waals surface area (Å²) in [5.74, 6) is -4.29. The molecule has 1 heterocycles. The lowest BCUT2D eigenvalue weighted by atomic mass is 9.96. The lowest BCUT2D eigenvalue weighted by Gasteiger charge is -2.21. The van der Waals surface area contributed by atoms with E-state index >= 15 is 0 Å². The van der Waals surface area contributed by atoms with E-state index in [1.807, 2.05) is 5.32 Å². The van der Waals surface area contributed by atoms with Gasteiger partial charge in [0.1, 0.15) is 0 Å². The molecule has 1 unspecified atom stereocenters. The molecular weight excluding hydrogens is 388 g/mol. The molecule has 0 saturated carbocycles. The van der Waals surface area contributed by atoms with E-state index in [1.54, 1.807) is 18.2 Å². The van der Waals surface area contributed by atoms with E-state index in [2.05, 4.69) is 5.32 Å². The van der Waals surface area contributed by atoms with Gasteiger partial charge in [-0.25, -0.2) is 0 Å². The second-order valence-corrected chi connectivity index (χ2v) is 6.31. The van der Waals surface area contributed by atoms with Crippen molar-refractivity contribution >= 4 is 46.8 Å². The molecule has 0 fully saturated rings. The predicted molar refractivity (Wildman–Crippen MR) is 97.8 cm³/mol. The van der Waals surface area contributed by atoms with Gasteiger partial charge in [-0.3, -0.25) is 29.3 Å². The van der Waals surface area contributed by atoms with Gasteiger partial charge in [0, 0.05) is 17.5 Å².